The van der Waals surface area contributed by atoms with Gasteiger partial charge in [0.05, 0.1) is 13.7 Å². The average molecular weight is 373 g/mol. The van der Waals surface area contributed by atoms with Crippen LogP contribution in [0.3, 0.4) is 0 Å². The second-order valence-electron chi connectivity index (χ2n) is 5.88. The maximum atomic E-state index is 12.8. The van der Waals surface area contributed by atoms with E-state index in [0.29, 0.717) is 30.4 Å². The van der Waals surface area contributed by atoms with E-state index in [1.807, 2.05) is 18.2 Å². The Morgan fingerprint density at radius 1 is 1.15 bits per heavy atom. The second-order valence-corrected chi connectivity index (χ2v) is 5.88. The van der Waals surface area contributed by atoms with Crippen LogP contribution in [0.4, 0.5) is 4.39 Å². The summed E-state index contributed by atoms with van der Waals surface area (Å²) in [5.74, 6) is 1.13. The summed E-state index contributed by atoms with van der Waals surface area (Å²) in [6.45, 7) is 4.29. The van der Waals surface area contributed by atoms with E-state index in [4.69, 9.17) is 14.2 Å². The molecule has 0 fully saturated rings. The quantitative estimate of drug-likeness (QED) is 0.598. The van der Waals surface area contributed by atoms with Crippen molar-refractivity contribution in [2.24, 2.45) is 0 Å². The molecule has 0 bridgehead atoms. The lowest BCUT2D eigenvalue weighted by Gasteiger charge is -2.18. The van der Waals surface area contributed by atoms with E-state index in [9.17, 15) is 9.18 Å². The van der Waals surface area contributed by atoms with Gasteiger partial charge in [0.1, 0.15) is 18.2 Å². The van der Waals surface area contributed by atoms with Crippen LogP contribution < -0.4 is 14.2 Å². The molecule has 1 amide bonds. The van der Waals surface area contributed by atoms with E-state index in [-0.39, 0.29) is 18.3 Å². The number of carbonyl (C=O) groups is 1. The summed E-state index contributed by atoms with van der Waals surface area (Å²) in [7, 11) is 3.23. The van der Waals surface area contributed by atoms with Crippen molar-refractivity contribution < 1.29 is 23.4 Å². The molecule has 0 atom stereocenters. The molecule has 0 spiro atoms. The molecule has 0 N–H and O–H groups in total. The third-order valence-corrected chi connectivity index (χ3v) is 3.89. The van der Waals surface area contributed by atoms with Crippen LogP contribution in [0.5, 0.6) is 17.2 Å². The van der Waals surface area contributed by atoms with Gasteiger partial charge in [-0.2, -0.15) is 0 Å². The molecule has 0 heterocycles. The van der Waals surface area contributed by atoms with Gasteiger partial charge in [-0.3, -0.25) is 4.79 Å². The first kappa shape index (κ1) is 20.3. The van der Waals surface area contributed by atoms with Crippen molar-refractivity contribution in [3.63, 3.8) is 0 Å². The Balaban J connectivity index is 1.80. The minimum Gasteiger partial charge on any atom is -0.493 e. The van der Waals surface area contributed by atoms with Crippen LogP contribution >= 0.6 is 0 Å². The summed E-state index contributed by atoms with van der Waals surface area (Å²) in [4.78, 5) is 13.7. The highest BCUT2D eigenvalue weighted by Gasteiger charge is 2.12. The first-order valence-corrected chi connectivity index (χ1v) is 8.56. The number of rotatable bonds is 10. The molecule has 0 aliphatic carbocycles. The number of hydrogen-bond donors (Lipinski definition) is 0. The summed E-state index contributed by atoms with van der Waals surface area (Å²) in [6.07, 6.45) is 2.54. The van der Waals surface area contributed by atoms with Gasteiger partial charge in [-0.15, -0.1) is 6.58 Å². The largest absolute Gasteiger partial charge is 0.493 e. The third kappa shape index (κ3) is 6.33. The second kappa shape index (κ2) is 10.2. The molecule has 5 nitrogen and oxygen atoms in total. The molecule has 0 aliphatic heterocycles. The fourth-order valence-corrected chi connectivity index (χ4v) is 2.33. The van der Waals surface area contributed by atoms with E-state index >= 15 is 0 Å². The maximum Gasteiger partial charge on any atom is 0.260 e. The van der Waals surface area contributed by atoms with Gasteiger partial charge in [-0.25, -0.2) is 4.39 Å². The van der Waals surface area contributed by atoms with Crippen molar-refractivity contribution in [1.82, 2.24) is 4.90 Å². The SMILES string of the molecule is C=CCc1ccc(OCC(=O)N(C)CCOc2ccc(F)cc2)c(OC)c1. The third-order valence-electron chi connectivity index (χ3n) is 3.89. The zero-order chi connectivity index (χ0) is 19.6. The van der Waals surface area contributed by atoms with Crippen LogP contribution in [0.1, 0.15) is 5.56 Å². The molecule has 0 radical (unpaired) electrons. The Kier molecular flexibility index (Phi) is 7.67. The Bertz CT molecular complexity index is 761. The number of allylic oxidation sites excluding steroid dienone is 1. The van der Waals surface area contributed by atoms with Gasteiger partial charge in [-0.1, -0.05) is 12.1 Å². The van der Waals surface area contributed by atoms with Crippen LogP contribution in [-0.2, 0) is 11.2 Å². The van der Waals surface area contributed by atoms with Crippen molar-refractivity contribution >= 4 is 5.91 Å². The predicted octanol–water partition coefficient (Wildman–Crippen LogP) is 3.48. The van der Waals surface area contributed by atoms with Crippen LogP contribution in [0, 0.1) is 5.82 Å². The number of likely N-dealkylation sites (N-methyl/N-ethyl adjacent to an activating group) is 1. The average Bonchev–Trinajstić information content (AvgIpc) is 2.68. The molecule has 0 aliphatic rings. The normalized spacial score (nSPS) is 10.2. The number of amides is 1. The number of nitrogens with zero attached hydrogens (tertiary/aromatic N) is 1. The van der Waals surface area contributed by atoms with Gasteiger partial charge in [-0.05, 0) is 48.4 Å². The Morgan fingerprint density at radius 2 is 1.89 bits per heavy atom. The molecule has 6 heteroatoms. The lowest BCUT2D eigenvalue weighted by molar-refractivity contribution is -0.132. The van der Waals surface area contributed by atoms with Crippen LogP contribution in [0.2, 0.25) is 0 Å². The van der Waals surface area contributed by atoms with Crippen molar-refractivity contribution in [2.45, 2.75) is 6.42 Å². The molecule has 0 saturated carbocycles. The fourth-order valence-electron chi connectivity index (χ4n) is 2.33. The molecule has 0 unspecified atom stereocenters. The van der Waals surface area contributed by atoms with Gasteiger partial charge in [0.25, 0.3) is 5.91 Å². The van der Waals surface area contributed by atoms with E-state index < -0.39 is 0 Å². The fraction of sp³-hybridized carbons (Fsp3) is 0.286. The Morgan fingerprint density at radius 3 is 2.56 bits per heavy atom. The van der Waals surface area contributed by atoms with E-state index in [2.05, 4.69) is 6.58 Å². The topological polar surface area (TPSA) is 48.0 Å². The first-order valence-electron chi connectivity index (χ1n) is 8.56. The highest BCUT2D eigenvalue weighted by Crippen LogP contribution is 2.28. The monoisotopic (exact) mass is 373 g/mol. The highest BCUT2D eigenvalue weighted by molar-refractivity contribution is 5.77. The summed E-state index contributed by atoms with van der Waals surface area (Å²) in [5.41, 5.74) is 1.05. The molecule has 2 aromatic rings. The summed E-state index contributed by atoms with van der Waals surface area (Å²) < 4.78 is 29.2. The molecule has 0 aromatic heterocycles. The molecule has 144 valence electrons. The van der Waals surface area contributed by atoms with Gasteiger partial charge in [0.2, 0.25) is 0 Å². The highest BCUT2D eigenvalue weighted by atomic mass is 19.1. The van der Waals surface area contributed by atoms with Crippen LogP contribution in [0.15, 0.2) is 55.1 Å². The van der Waals surface area contributed by atoms with E-state index in [0.717, 1.165) is 12.0 Å². The molecule has 27 heavy (non-hydrogen) atoms. The Labute approximate surface area is 159 Å². The molecule has 0 saturated heterocycles. The molecular formula is C21H24FNO4. The van der Waals surface area contributed by atoms with Crippen molar-refractivity contribution in [3.05, 3.63) is 66.5 Å². The van der Waals surface area contributed by atoms with E-state index in [1.165, 1.54) is 17.0 Å². The van der Waals surface area contributed by atoms with Crippen LogP contribution in [-0.4, -0.2) is 44.7 Å². The van der Waals surface area contributed by atoms with Crippen molar-refractivity contribution in [3.8, 4) is 17.2 Å². The summed E-state index contributed by atoms with van der Waals surface area (Å²) >= 11 is 0. The lowest BCUT2D eigenvalue weighted by Crippen LogP contribution is -2.34. The lowest BCUT2D eigenvalue weighted by atomic mass is 10.1. The van der Waals surface area contributed by atoms with Gasteiger partial charge >= 0.3 is 0 Å². The summed E-state index contributed by atoms with van der Waals surface area (Å²) in [5, 5.41) is 0. The summed E-state index contributed by atoms with van der Waals surface area (Å²) in [6, 6.07) is 11.3. The van der Waals surface area contributed by atoms with E-state index in [1.54, 1.807) is 32.4 Å². The number of carbonyl (C=O) groups excluding carboxylic acids is 1. The van der Waals surface area contributed by atoms with Crippen molar-refractivity contribution in [1.29, 1.82) is 0 Å². The minimum atomic E-state index is -0.320. The first-order chi connectivity index (χ1) is 13.0. The number of ether oxygens (including phenoxy) is 3. The van der Waals surface area contributed by atoms with Crippen LogP contribution in [0.25, 0.3) is 0 Å². The number of methoxy groups -OCH3 is 1. The molecular weight excluding hydrogens is 349 g/mol. The standard InChI is InChI=1S/C21H24FNO4/c1-4-5-16-6-11-19(20(14-16)25-3)27-15-21(24)23(2)12-13-26-18-9-7-17(22)8-10-18/h4,6-11,14H,1,5,12-13,15H2,2-3H3. The van der Waals surface area contributed by atoms with Gasteiger partial charge < -0.3 is 19.1 Å². The number of hydrogen-bond acceptors (Lipinski definition) is 4. The molecule has 2 rings (SSSR count). The zero-order valence-corrected chi connectivity index (χ0v) is 15.6. The Hall–Kier alpha value is -3.02. The number of benzene rings is 2. The van der Waals surface area contributed by atoms with Gasteiger partial charge in [0, 0.05) is 7.05 Å². The maximum absolute atomic E-state index is 12.8. The predicted molar refractivity (Wildman–Crippen MR) is 102 cm³/mol. The van der Waals surface area contributed by atoms with Gasteiger partial charge in [0.15, 0.2) is 18.1 Å². The van der Waals surface area contributed by atoms with Crippen molar-refractivity contribution in [2.75, 3.05) is 33.9 Å². The minimum absolute atomic E-state index is 0.107. The number of halogens is 1. The zero-order valence-electron chi connectivity index (χ0n) is 15.6. The smallest absolute Gasteiger partial charge is 0.260 e. The molecule has 2 aromatic carbocycles.